The van der Waals surface area contributed by atoms with Crippen molar-refractivity contribution in [2.75, 3.05) is 0 Å². The van der Waals surface area contributed by atoms with Crippen LogP contribution in [0.2, 0.25) is 0 Å². The van der Waals surface area contributed by atoms with Gasteiger partial charge in [0.2, 0.25) is 0 Å². The normalized spacial score (nSPS) is 12.5. The number of hydrogen-bond acceptors (Lipinski definition) is 4. The molecule has 0 saturated heterocycles. The molecule has 0 fully saturated rings. The molecule has 6 rings (SSSR count). The van der Waals surface area contributed by atoms with E-state index in [1.807, 2.05) is 78.9 Å². The number of allylic oxidation sites excluding steroid dienone is 1. The minimum absolute atomic E-state index is 0. The maximum Gasteiger partial charge on any atom is 0.261 e. The van der Waals surface area contributed by atoms with Crippen molar-refractivity contribution in [3.63, 3.8) is 0 Å². The summed E-state index contributed by atoms with van der Waals surface area (Å²) in [6.07, 6.45) is 3.22. The van der Waals surface area contributed by atoms with Crippen molar-refractivity contribution in [3.8, 4) is 11.5 Å². The van der Waals surface area contributed by atoms with Crippen LogP contribution in [0.1, 0.15) is 56.3 Å². The predicted octanol–water partition coefficient (Wildman–Crippen LogP) is 7.47. The second-order valence-electron chi connectivity index (χ2n) is 9.51. The molecule has 0 spiro atoms. The molecule has 1 atom stereocenters. The van der Waals surface area contributed by atoms with Gasteiger partial charge in [0, 0.05) is 23.1 Å². The Morgan fingerprint density at radius 2 is 1.15 bits per heavy atom. The number of phenols is 2. The number of carbonyl (C=O) groups is 2. The summed E-state index contributed by atoms with van der Waals surface area (Å²) in [5.41, 5.74) is 4.58. The maximum absolute atomic E-state index is 13.2. The summed E-state index contributed by atoms with van der Waals surface area (Å²) in [6, 6.07) is 38.2. The van der Waals surface area contributed by atoms with Crippen molar-refractivity contribution in [2.45, 2.75) is 18.9 Å². The predicted molar refractivity (Wildman–Crippen MR) is 156 cm³/mol. The summed E-state index contributed by atoms with van der Waals surface area (Å²) in [4.78, 5) is 27.8. The van der Waals surface area contributed by atoms with Crippen molar-refractivity contribution >= 4 is 17.4 Å². The minimum atomic E-state index is -0.394. The third-order valence-electron chi connectivity index (χ3n) is 6.91. The first-order valence-electron chi connectivity index (χ1n) is 13.2. The molecular weight excluding hydrogens is 554 g/mol. The van der Waals surface area contributed by atoms with Gasteiger partial charge in [0.05, 0.1) is 11.1 Å². The summed E-state index contributed by atoms with van der Waals surface area (Å²) in [5.74, 6) is -0.169. The van der Waals surface area contributed by atoms with E-state index in [1.54, 1.807) is 48.5 Å². The average Bonchev–Trinajstić information content (AvgIpc) is 3.76. The Kier molecular flexibility index (Phi) is 9.75. The number of amides is 2. The maximum atomic E-state index is 13.2. The smallest absolute Gasteiger partial charge is 0.261 e. The summed E-state index contributed by atoms with van der Waals surface area (Å²) in [5, 5.41) is 19.4. The van der Waals surface area contributed by atoms with E-state index < -0.39 is 6.04 Å². The van der Waals surface area contributed by atoms with Crippen LogP contribution in [0.25, 0.3) is 5.57 Å². The number of aromatic hydroxyl groups is 2. The van der Waals surface area contributed by atoms with Crippen molar-refractivity contribution in [3.05, 3.63) is 161 Å². The number of fused-ring (bicyclic) bond motifs is 1. The zero-order valence-electron chi connectivity index (χ0n) is 22.2. The Morgan fingerprint density at radius 3 is 1.59 bits per heavy atom. The quantitative estimate of drug-likeness (QED) is 0.118. The number of rotatable bonds is 7. The van der Waals surface area contributed by atoms with Crippen molar-refractivity contribution < 1.29 is 36.9 Å². The Balaban J connectivity index is 0.000000584. The molecular formula is C35H29FeNO4-6. The molecule has 0 radical (unpaired) electrons. The van der Waals surface area contributed by atoms with Crippen LogP contribution < -0.4 is 0 Å². The standard InChI is InChI=1S/C30H24NO4.C5H5.Fe/c32-23-16-12-20(13-17-23)25(21-14-18-24(33)19-15-21)10-5-11-28(22-6-1-2-7-22)31-29(34)26-8-3-4-9-27(26)30(31)35;1-2-4-5-3-1;/h1-4,6-10,12-19,28,32-33H,5,11H2;1-5H;/q-1;-5;. The van der Waals surface area contributed by atoms with Crippen LogP contribution in [-0.2, 0) is 17.1 Å². The molecule has 6 heteroatoms. The summed E-state index contributed by atoms with van der Waals surface area (Å²) >= 11 is 0. The zero-order chi connectivity index (χ0) is 27.9. The molecule has 1 unspecified atom stereocenters. The molecule has 1 heterocycles. The number of nitrogens with zero attached hydrogens (tertiary/aromatic N) is 1. The van der Waals surface area contributed by atoms with Crippen molar-refractivity contribution in [1.29, 1.82) is 0 Å². The van der Waals surface area contributed by atoms with Crippen molar-refractivity contribution in [1.82, 2.24) is 4.90 Å². The molecule has 1 aliphatic heterocycles. The third-order valence-corrected chi connectivity index (χ3v) is 6.91. The number of hydrogen-bond donors (Lipinski definition) is 2. The van der Waals surface area contributed by atoms with Crippen LogP contribution in [0.3, 0.4) is 0 Å². The first-order chi connectivity index (χ1) is 19.5. The molecule has 5 nitrogen and oxygen atoms in total. The molecule has 0 bridgehead atoms. The largest absolute Gasteiger partial charge is 0.748 e. The first-order valence-corrected chi connectivity index (χ1v) is 13.2. The molecule has 1 aliphatic rings. The van der Waals surface area contributed by atoms with Gasteiger partial charge in [0.25, 0.3) is 11.8 Å². The summed E-state index contributed by atoms with van der Waals surface area (Å²) in [7, 11) is 0. The van der Waals surface area contributed by atoms with Gasteiger partial charge in [0.15, 0.2) is 0 Å². The Morgan fingerprint density at radius 1 is 0.707 bits per heavy atom. The van der Waals surface area contributed by atoms with Crippen LogP contribution in [0.15, 0.2) is 133 Å². The fraction of sp³-hybridized carbons (Fsp3) is 0.0857. The van der Waals surface area contributed by atoms with Gasteiger partial charge in [-0.05, 0) is 65.9 Å². The van der Waals surface area contributed by atoms with Crippen LogP contribution in [0.4, 0.5) is 0 Å². The molecule has 41 heavy (non-hydrogen) atoms. The van der Waals surface area contributed by atoms with E-state index in [-0.39, 0.29) is 40.4 Å². The van der Waals surface area contributed by atoms with E-state index in [4.69, 9.17) is 0 Å². The summed E-state index contributed by atoms with van der Waals surface area (Å²) in [6.45, 7) is 0. The SMILES string of the molecule is O=C1c2ccccc2C(=O)N1C(CCC=C(c1ccc(O)cc1)c1ccc(O)cc1)[c-]1cccc1.[Fe].[cH-]1[cH-][cH-][cH-][cH-]1. The number of benzene rings is 3. The molecule has 0 aromatic heterocycles. The van der Waals surface area contributed by atoms with Crippen LogP contribution >= 0.6 is 0 Å². The second kappa shape index (κ2) is 13.6. The molecule has 2 N–H and O–H groups in total. The minimum Gasteiger partial charge on any atom is -0.748 e. The fourth-order valence-electron chi connectivity index (χ4n) is 4.94. The van der Waals surface area contributed by atoms with Gasteiger partial charge in [-0.3, -0.25) is 14.5 Å². The van der Waals surface area contributed by atoms with Gasteiger partial charge < -0.3 is 40.5 Å². The summed E-state index contributed by atoms with van der Waals surface area (Å²) < 4.78 is 0. The topological polar surface area (TPSA) is 77.8 Å². The first kappa shape index (κ1) is 29.3. The molecule has 0 aliphatic carbocycles. The van der Waals surface area contributed by atoms with E-state index in [2.05, 4.69) is 6.08 Å². The monoisotopic (exact) mass is 583 g/mol. The van der Waals surface area contributed by atoms with E-state index in [1.165, 1.54) is 4.90 Å². The molecule has 212 valence electrons. The van der Waals surface area contributed by atoms with E-state index >= 15 is 0 Å². The van der Waals surface area contributed by atoms with Crippen molar-refractivity contribution in [2.24, 2.45) is 0 Å². The van der Waals surface area contributed by atoms with Gasteiger partial charge in [-0.1, -0.05) is 42.5 Å². The van der Waals surface area contributed by atoms with Crippen LogP contribution in [-0.4, -0.2) is 26.9 Å². The van der Waals surface area contributed by atoms with E-state index in [0.29, 0.717) is 24.0 Å². The molecule has 5 aromatic rings. The fourth-order valence-corrected chi connectivity index (χ4v) is 4.94. The molecule has 0 saturated carbocycles. The Hall–Kier alpha value is -4.64. The van der Waals surface area contributed by atoms with Gasteiger partial charge >= 0.3 is 0 Å². The van der Waals surface area contributed by atoms with E-state index in [0.717, 1.165) is 22.3 Å². The molecule has 5 aromatic carbocycles. The van der Waals surface area contributed by atoms with Gasteiger partial charge in [-0.15, -0.1) is 5.56 Å². The van der Waals surface area contributed by atoms with Gasteiger partial charge in [-0.2, -0.15) is 12.1 Å². The average molecular weight is 583 g/mol. The number of carbonyl (C=O) groups excluding carboxylic acids is 2. The second-order valence-corrected chi connectivity index (χ2v) is 9.51. The van der Waals surface area contributed by atoms with Crippen LogP contribution in [0.5, 0.6) is 11.5 Å². The zero-order valence-corrected chi connectivity index (χ0v) is 23.3. The Bertz CT molecular complexity index is 1490. The molecule has 2 amide bonds. The number of phenolic OH excluding ortho intramolecular Hbond substituents is 2. The van der Waals surface area contributed by atoms with Crippen LogP contribution in [0, 0.1) is 0 Å². The van der Waals surface area contributed by atoms with Gasteiger partial charge in [-0.25, -0.2) is 12.1 Å². The Labute approximate surface area is 250 Å². The third kappa shape index (κ3) is 6.75. The number of imide groups is 1. The van der Waals surface area contributed by atoms with E-state index in [9.17, 15) is 19.8 Å². The van der Waals surface area contributed by atoms with Gasteiger partial charge in [0.1, 0.15) is 11.5 Å².